The third kappa shape index (κ3) is 2.61. The van der Waals surface area contributed by atoms with E-state index in [1.165, 1.54) is 0 Å². The molecule has 0 aromatic heterocycles. The van der Waals surface area contributed by atoms with E-state index >= 15 is 0 Å². The Hall–Kier alpha value is -1.26. The second-order valence-corrected chi connectivity index (χ2v) is 3.06. The Morgan fingerprint density at radius 3 is 2.60 bits per heavy atom. The van der Waals surface area contributed by atoms with Gasteiger partial charge in [0.15, 0.2) is 0 Å². The zero-order valence-corrected chi connectivity index (χ0v) is 9.06. The van der Waals surface area contributed by atoms with Crippen LogP contribution >= 0.6 is 0 Å². The van der Waals surface area contributed by atoms with E-state index in [0.717, 1.165) is 0 Å². The Balaban J connectivity index is 3.14. The van der Waals surface area contributed by atoms with Crippen molar-refractivity contribution < 1.29 is 14.6 Å². The molecule has 15 heavy (non-hydrogen) atoms. The zero-order chi connectivity index (χ0) is 11.3. The Labute approximate surface area is 89.6 Å². The van der Waals surface area contributed by atoms with Gasteiger partial charge in [0.05, 0.1) is 25.4 Å². The van der Waals surface area contributed by atoms with Gasteiger partial charge in [0.2, 0.25) is 0 Å². The summed E-state index contributed by atoms with van der Waals surface area (Å²) in [6, 6.07) is 5.38. The third-order valence-electron chi connectivity index (χ3n) is 2.10. The Kier molecular flexibility index (Phi) is 4.39. The minimum atomic E-state index is -0.761. The van der Waals surface area contributed by atoms with E-state index in [4.69, 9.17) is 15.2 Å². The maximum Gasteiger partial charge on any atom is 0.128 e. The highest BCUT2D eigenvalue weighted by Crippen LogP contribution is 2.33. The van der Waals surface area contributed by atoms with E-state index in [1.54, 1.807) is 19.2 Å². The molecular weight excluding hydrogens is 194 g/mol. The predicted octanol–water partition coefficient (Wildman–Crippen LogP) is 1.09. The van der Waals surface area contributed by atoms with Gasteiger partial charge in [0, 0.05) is 6.54 Å². The van der Waals surface area contributed by atoms with E-state index < -0.39 is 6.10 Å². The zero-order valence-electron chi connectivity index (χ0n) is 9.06. The van der Waals surface area contributed by atoms with Crippen molar-refractivity contribution in [1.82, 2.24) is 0 Å². The average Bonchev–Trinajstić information content (AvgIpc) is 2.28. The third-order valence-corrected chi connectivity index (χ3v) is 2.10. The Bertz CT molecular complexity index is 315. The van der Waals surface area contributed by atoms with E-state index in [9.17, 15) is 5.11 Å². The fraction of sp³-hybridized carbons (Fsp3) is 0.455. The highest BCUT2D eigenvalue weighted by atomic mass is 16.5. The van der Waals surface area contributed by atoms with Crippen molar-refractivity contribution in [3.8, 4) is 11.5 Å². The van der Waals surface area contributed by atoms with Crippen molar-refractivity contribution in [2.75, 3.05) is 20.3 Å². The fourth-order valence-electron chi connectivity index (χ4n) is 1.43. The quantitative estimate of drug-likeness (QED) is 0.765. The molecule has 0 heterocycles. The molecule has 1 aromatic carbocycles. The van der Waals surface area contributed by atoms with E-state index in [-0.39, 0.29) is 6.54 Å². The molecule has 4 nitrogen and oxygen atoms in total. The molecule has 0 saturated carbocycles. The van der Waals surface area contributed by atoms with Crippen molar-refractivity contribution in [3.63, 3.8) is 0 Å². The molecule has 1 aromatic rings. The molecule has 84 valence electrons. The number of aliphatic hydroxyl groups is 1. The summed E-state index contributed by atoms with van der Waals surface area (Å²) in [5, 5.41) is 9.76. The van der Waals surface area contributed by atoms with Crippen LogP contribution in [0.3, 0.4) is 0 Å². The standard InChI is InChI=1S/C11H17NO3/c1-3-15-10-6-4-5-9(14-2)11(10)8(13)7-12/h4-6,8,13H,3,7,12H2,1-2H3. The second kappa shape index (κ2) is 5.58. The lowest BCUT2D eigenvalue weighted by Crippen LogP contribution is -2.14. The molecule has 0 amide bonds. The number of ether oxygens (including phenoxy) is 2. The van der Waals surface area contributed by atoms with Gasteiger partial charge >= 0.3 is 0 Å². The first-order valence-electron chi connectivity index (χ1n) is 4.92. The lowest BCUT2D eigenvalue weighted by Gasteiger charge is -2.17. The van der Waals surface area contributed by atoms with Gasteiger partial charge in [-0.25, -0.2) is 0 Å². The lowest BCUT2D eigenvalue weighted by atomic mass is 10.1. The van der Waals surface area contributed by atoms with Crippen LogP contribution in [0, 0.1) is 0 Å². The molecule has 0 fully saturated rings. The molecule has 0 saturated heterocycles. The smallest absolute Gasteiger partial charge is 0.128 e. The summed E-state index contributed by atoms with van der Waals surface area (Å²) in [6.07, 6.45) is -0.761. The van der Waals surface area contributed by atoms with Crippen LogP contribution in [0.15, 0.2) is 18.2 Å². The largest absolute Gasteiger partial charge is 0.496 e. The van der Waals surface area contributed by atoms with Crippen LogP contribution in [0.4, 0.5) is 0 Å². The molecule has 4 heteroatoms. The van der Waals surface area contributed by atoms with Gasteiger partial charge in [0.25, 0.3) is 0 Å². The van der Waals surface area contributed by atoms with Gasteiger partial charge in [0.1, 0.15) is 11.5 Å². The van der Waals surface area contributed by atoms with Crippen LogP contribution in [0.2, 0.25) is 0 Å². The van der Waals surface area contributed by atoms with Gasteiger partial charge in [-0.2, -0.15) is 0 Å². The number of aliphatic hydroxyl groups excluding tert-OH is 1. The summed E-state index contributed by atoms with van der Waals surface area (Å²) in [5.41, 5.74) is 6.05. The number of methoxy groups -OCH3 is 1. The topological polar surface area (TPSA) is 64.7 Å². The van der Waals surface area contributed by atoms with Crippen molar-refractivity contribution in [2.45, 2.75) is 13.0 Å². The van der Waals surface area contributed by atoms with Gasteiger partial charge in [-0.05, 0) is 19.1 Å². The average molecular weight is 211 g/mol. The highest BCUT2D eigenvalue weighted by Gasteiger charge is 2.17. The molecule has 3 N–H and O–H groups in total. The van der Waals surface area contributed by atoms with Crippen molar-refractivity contribution >= 4 is 0 Å². The maximum absolute atomic E-state index is 9.76. The lowest BCUT2D eigenvalue weighted by molar-refractivity contribution is 0.175. The minimum absolute atomic E-state index is 0.139. The molecule has 0 spiro atoms. The molecule has 0 radical (unpaired) electrons. The van der Waals surface area contributed by atoms with Crippen molar-refractivity contribution in [2.24, 2.45) is 5.73 Å². The first kappa shape index (κ1) is 11.8. The van der Waals surface area contributed by atoms with Crippen LogP contribution in [0.25, 0.3) is 0 Å². The molecular formula is C11H17NO3. The molecule has 1 unspecified atom stereocenters. The fourth-order valence-corrected chi connectivity index (χ4v) is 1.43. The number of hydrogen-bond donors (Lipinski definition) is 2. The highest BCUT2D eigenvalue weighted by molar-refractivity contribution is 5.46. The Morgan fingerprint density at radius 2 is 2.07 bits per heavy atom. The minimum Gasteiger partial charge on any atom is -0.496 e. The summed E-state index contributed by atoms with van der Waals surface area (Å²) in [4.78, 5) is 0. The van der Waals surface area contributed by atoms with Gasteiger partial charge in [-0.1, -0.05) is 6.07 Å². The number of benzene rings is 1. The number of rotatable bonds is 5. The van der Waals surface area contributed by atoms with Crippen LogP contribution in [-0.2, 0) is 0 Å². The molecule has 0 aliphatic heterocycles. The molecule has 1 atom stereocenters. The SMILES string of the molecule is CCOc1cccc(OC)c1C(O)CN. The normalized spacial score (nSPS) is 12.3. The van der Waals surface area contributed by atoms with Crippen molar-refractivity contribution in [3.05, 3.63) is 23.8 Å². The van der Waals surface area contributed by atoms with Gasteiger partial charge in [-0.15, -0.1) is 0 Å². The second-order valence-electron chi connectivity index (χ2n) is 3.06. The first-order chi connectivity index (χ1) is 7.24. The molecule has 1 rings (SSSR count). The monoisotopic (exact) mass is 211 g/mol. The summed E-state index contributed by atoms with van der Waals surface area (Å²) < 4.78 is 10.6. The Morgan fingerprint density at radius 1 is 1.40 bits per heavy atom. The predicted molar refractivity (Wildman–Crippen MR) is 58.2 cm³/mol. The molecule has 0 aliphatic carbocycles. The maximum atomic E-state index is 9.76. The first-order valence-corrected chi connectivity index (χ1v) is 4.92. The van der Waals surface area contributed by atoms with Crippen LogP contribution in [-0.4, -0.2) is 25.4 Å². The van der Waals surface area contributed by atoms with Gasteiger partial charge in [-0.3, -0.25) is 0 Å². The van der Waals surface area contributed by atoms with Crippen LogP contribution in [0.1, 0.15) is 18.6 Å². The van der Waals surface area contributed by atoms with E-state index in [0.29, 0.717) is 23.7 Å². The molecule has 0 aliphatic rings. The summed E-state index contributed by atoms with van der Waals surface area (Å²) in [7, 11) is 1.55. The van der Waals surface area contributed by atoms with Crippen LogP contribution < -0.4 is 15.2 Å². The van der Waals surface area contributed by atoms with E-state index in [2.05, 4.69) is 0 Å². The van der Waals surface area contributed by atoms with Gasteiger partial charge < -0.3 is 20.3 Å². The van der Waals surface area contributed by atoms with E-state index in [1.807, 2.05) is 13.0 Å². The van der Waals surface area contributed by atoms with Crippen LogP contribution in [0.5, 0.6) is 11.5 Å². The van der Waals surface area contributed by atoms with Crippen molar-refractivity contribution in [1.29, 1.82) is 0 Å². The summed E-state index contributed by atoms with van der Waals surface area (Å²) >= 11 is 0. The summed E-state index contributed by atoms with van der Waals surface area (Å²) in [6.45, 7) is 2.57. The number of hydrogen-bond acceptors (Lipinski definition) is 4. The summed E-state index contributed by atoms with van der Waals surface area (Å²) in [5.74, 6) is 1.22. The number of nitrogens with two attached hydrogens (primary N) is 1. The molecule has 0 bridgehead atoms.